The first kappa shape index (κ1) is 12.8. The monoisotopic (exact) mass is 297 g/mol. The standard InChI is InChI=1S/C13H7ClF3N3/c14-9-4-12-11(5-10(9)17)19-13(18)20(12)8-2-6(15)1-7(16)3-8/h1-5H,(H2,18,19). The lowest BCUT2D eigenvalue weighted by atomic mass is 10.2. The zero-order valence-electron chi connectivity index (χ0n) is 9.87. The van der Waals surface area contributed by atoms with E-state index in [0.717, 1.165) is 24.3 Å². The van der Waals surface area contributed by atoms with Crippen molar-refractivity contribution in [3.8, 4) is 5.69 Å². The van der Waals surface area contributed by atoms with Gasteiger partial charge < -0.3 is 5.73 Å². The molecule has 0 saturated carbocycles. The van der Waals surface area contributed by atoms with E-state index < -0.39 is 17.5 Å². The first-order valence-corrected chi connectivity index (χ1v) is 5.93. The molecule has 102 valence electrons. The Bertz CT molecular complexity index is 809. The first-order valence-electron chi connectivity index (χ1n) is 5.55. The number of hydrogen-bond donors (Lipinski definition) is 1. The number of nitrogens with zero attached hydrogens (tertiary/aromatic N) is 2. The van der Waals surface area contributed by atoms with E-state index in [1.54, 1.807) is 0 Å². The minimum atomic E-state index is -0.755. The van der Waals surface area contributed by atoms with Crippen molar-refractivity contribution in [3.63, 3.8) is 0 Å². The second kappa shape index (κ2) is 4.42. The third-order valence-corrected chi connectivity index (χ3v) is 3.12. The zero-order valence-corrected chi connectivity index (χ0v) is 10.6. The molecule has 0 radical (unpaired) electrons. The van der Waals surface area contributed by atoms with Crippen LogP contribution in [0.4, 0.5) is 19.1 Å². The summed E-state index contributed by atoms with van der Waals surface area (Å²) < 4.78 is 41.3. The molecule has 0 bridgehead atoms. The van der Waals surface area contributed by atoms with E-state index in [4.69, 9.17) is 17.3 Å². The molecule has 2 N–H and O–H groups in total. The largest absolute Gasteiger partial charge is 0.369 e. The van der Waals surface area contributed by atoms with E-state index >= 15 is 0 Å². The van der Waals surface area contributed by atoms with Crippen LogP contribution in [0.1, 0.15) is 0 Å². The Kier molecular flexibility index (Phi) is 2.83. The van der Waals surface area contributed by atoms with Crippen LogP contribution in [0.2, 0.25) is 5.02 Å². The summed E-state index contributed by atoms with van der Waals surface area (Å²) in [5, 5.41) is -0.129. The second-order valence-corrected chi connectivity index (χ2v) is 4.60. The molecule has 0 atom stereocenters. The summed E-state index contributed by atoms with van der Waals surface area (Å²) in [5.41, 5.74) is 6.48. The Hall–Kier alpha value is -2.21. The fourth-order valence-electron chi connectivity index (χ4n) is 2.03. The highest BCUT2D eigenvalue weighted by atomic mass is 35.5. The van der Waals surface area contributed by atoms with Gasteiger partial charge in [0.05, 0.1) is 21.7 Å². The summed E-state index contributed by atoms with van der Waals surface area (Å²) >= 11 is 5.71. The maximum absolute atomic E-state index is 13.4. The zero-order chi connectivity index (χ0) is 14.4. The summed E-state index contributed by atoms with van der Waals surface area (Å²) in [7, 11) is 0. The molecule has 0 saturated heterocycles. The average molecular weight is 298 g/mol. The van der Waals surface area contributed by atoms with Gasteiger partial charge in [0.1, 0.15) is 17.5 Å². The molecule has 3 aromatic rings. The third-order valence-electron chi connectivity index (χ3n) is 2.83. The number of hydrogen-bond acceptors (Lipinski definition) is 2. The summed E-state index contributed by atoms with van der Waals surface area (Å²) in [6.07, 6.45) is 0. The molecule has 0 fully saturated rings. The van der Waals surface area contributed by atoms with Gasteiger partial charge in [-0.25, -0.2) is 18.2 Å². The number of imidazole rings is 1. The first-order chi connectivity index (χ1) is 9.45. The van der Waals surface area contributed by atoms with E-state index in [1.807, 2.05) is 0 Å². The van der Waals surface area contributed by atoms with E-state index in [0.29, 0.717) is 5.52 Å². The van der Waals surface area contributed by atoms with E-state index in [2.05, 4.69) is 4.98 Å². The van der Waals surface area contributed by atoms with Crippen molar-refractivity contribution in [1.82, 2.24) is 9.55 Å². The number of halogens is 4. The highest BCUT2D eigenvalue weighted by Crippen LogP contribution is 2.28. The van der Waals surface area contributed by atoms with Crippen molar-refractivity contribution in [2.24, 2.45) is 0 Å². The Morgan fingerprint density at radius 2 is 1.65 bits per heavy atom. The van der Waals surface area contributed by atoms with Gasteiger partial charge in [-0.15, -0.1) is 0 Å². The van der Waals surface area contributed by atoms with Crippen LogP contribution in [0.3, 0.4) is 0 Å². The fraction of sp³-hybridized carbons (Fsp3) is 0. The molecule has 1 aromatic heterocycles. The van der Waals surface area contributed by atoms with Crippen molar-refractivity contribution in [1.29, 1.82) is 0 Å². The van der Waals surface area contributed by atoms with Gasteiger partial charge in [-0.3, -0.25) is 4.57 Å². The normalized spacial score (nSPS) is 11.2. The topological polar surface area (TPSA) is 43.8 Å². The predicted molar refractivity (Wildman–Crippen MR) is 70.4 cm³/mol. The van der Waals surface area contributed by atoms with Crippen molar-refractivity contribution >= 4 is 28.6 Å². The lowest BCUT2D eigenvalue weighted by molar-refractivity contribution is 0.582. The highest BCUT2D eigenvalue weighted by Gasteiger charge is 2.14. The SMILES string of the molecule is Nc1nc2cc(F)c(Cl)cc2n1-c1cc(F)cc(F)c1. The van der Waals surface area contributed by atoms with E-state index in [1.165, 1.54) is 10.6 Å². The van der Waals surface area contributed by atoms with Gasteiger partial charge in [0, 0.05) is 12.1 Å². The van der Waals surface area contributed by atoms with E-state index in [-0.39, 0.29) is 22.2 Å². The summed E-state index contributed by atoms with van der Waals surface area (Å²) in [4.78, 5) is 3.95. The van der Waals surface area contributed by atoms with Crippen LogP contribution in [0.25, 0.3) is 16.7 Å². The molecule has 1 heterocycles. The van der Waals surface area contributed by atoms with Crippen molar-refractivity contribution in [2.45, 2.75) is 0 Å². The van der Waals surface area contributed by atoms with Gasteiger partial charge in [0.25, 0.3) is 0 Å². The molecule has 0 unspecified atom stereocenters. The summed E-state index contributed by atoms with van der Waals surface area (Å²) in [5.74, 6) is -2.18. The molecule has 3 nitrogen and oxygen atoms in total. The van der Waals surface area contributed by atoms with Gasteiger partial charge in [-0.2, -0.15) is 0 Å². The molecule has 3 rings (SSSR count). The van der Waals surface area contributed by atoms with Gasteiger partial charge in [-0.1, -0.05) is 11.6 Å². The molecule has 7 heteroatoms. The number of nitrogens with two attached hydrogens (primary N) is 1. The predicted octanol–water partition coefficient (Wildman–Crippen LogP) is 3.68. The Morgan fingerprint density at radius 3 is 2.30 bits per heavy atom. The third kappa shape index (κ3) is 1.98. The number of anilines is 1. The molecule has 0 aliphatic rings. The van der Waals surface area contributed by atoms with Gasteiger partial charge in [0.15, 0.2) is 0 Å². The average Bonchev–Trinajstić information content (AvgIpc) is 2.64. The molecule has 0 amide bonds. The lowest BCUT2D eigenvalue weighted by Gasteiger charge is -2.07. The summed E-state index contributed by atoms with van der Waals surface area (Å²) in [6.45, 7) is 0. The fourth-order valence-corrected chi connectivity index (χ4v) is 2.19. The molecule has 0 aliphatic heterocycles. The van der Waals surface area contributed by atoms with Gasteiger partial charge in [0.2, 0.25) is 5.95 Å². The molecule has 20 heavy (non-hydrogen) atoms. The summed E-state index contributed by atoms with van der Waals surface area (Å²) in [6, 6.07) is 5.35. The molecule has 2 aromatic carbocycles. The van der Waals surface area contributed by atoms with Crippen LogP contribution >= 0.6 is 11.6 Å². The van der Waals surface area contributed by atoms with Gasteiger partial charge >= 0.3 is 0 Å². The smallest absolute Gasteiger partial charge is 0.205 e. The number of rotatable bonds is 1. The number of fused-ring (bicyclic) bond motifs is 1. The maximum Gasteiger partial charge on any atom is 0.205 e. The second-order valence-electron chi connectivity index (χ2n) is 4.19. The van der Waals surface area contributed by atoms with Crippen molar-refractivity contribution in [3.05, 3.63) is 52.8 Å². The number of benzene rings is 2. The van der Waals surface area contributed by atoms with Gasteiger partial charge in [-0.05, 0) is 18.2 Å². The maximum atomic E-state index is 13.4. The molecular formula is C13H7ClF3N3. The van der Waals surface area contributed by atoms with Crippen LogP contribution in [0.5, 0.6) is 0 Å². The highest BCUT2D eigenvalue weighted by molar-refractivity contribution is 6.31. The number of aromatic nitrogens is 2. The van der Waals surface area contributed by atoms with Crippen LogP contribution < -0.4 is 5.73 Å². The lowest BCUT2D eigenvalue weighted by Crippen LogP contribution is -2.01. The van der Waals surface area contributed by atoms with Crippen LogP contribution in [0.15, 0.2) is 30.3 Å². The minimum absolute atomic E-state index is 0.0216. The number of nitrogen functional groups attached to an aromatic ring is 1. The Balaban J connectivity index is 2.35. The minimum Gasteiger partial charge on any atom is -0.369 e. The van der Waals surface area contributed by atoms with E-state index in [9.17, 15) is 13.2 Å². The van der Waals surface area contributed by atoms with Crippen LogP contribution in [-0.2, 0) is 0 Å². The van der Waals surface area contributed by atoms with Crippen molar-refractivity contribution in [2.75, 3.05) is 5.73 Å². The quantitative estimate of drug-likeness (QED) is 0.744. The Morgan fingerprint density at radius 1 is 1.00 bits per heavy atom. The molecule has 0 spiro atoms. The Labute approximate surface area is 116 Å². The van der Waals surface area contributed by atoms with Crippen LogP contribution in [0, 0.1) is 17.5 Å². The van der Waals surface area contributed by atoms with Crippen LogP contribution in [-0.4, -0.2) is 9.55 Å². The molecule has 0 aliphatic carbocycles. The molecular weight excluding hydrogens is 291 g/mol. The van der Waals surface area contributed by atoms with Crippen molar-refractivity contribution < 1.29 is 13.2 Å².